The highest BCUT2D eigenvalue weighted by atomic mass is 35.5. The fourth-order valence-corrected chi connectivity index (χ4v) is 4.20. The van der Waals surface area contributed by atoms with Gasteiger partial charge in [-0.1, -0.05) is 29.8 Å². The van der Waals surface area contributed by atoms with Gasteiger partial charge in [0.25, 0.3) is 0 Å². The minimum atomic E-state index is -1.03. The smallest absolute Gasteiger partial charge is 0.307 e. The van der Waals surface area contributed by atoms with Crippen LogP contribution in [0.3, 0.4) is 0 Å². The average Bonchev–Trinajstić information content (AvgIpc) is 3.02. The summed E-state index contributed by atoms with van der Waals surface area (Å²) in [5, 5.41) is 13.5. The standard InChI is InChI=1S/C23H22ClFN2O4/c1-13-3-6-18-15(22(13)24)9-19(27(18)2)20(28)10-26-23(11-31-12-23)16-5-4-14(7-17(16)25)8-21(29)30/h3-7,9,26H,8,10-12H2,1-2H3,(H,29,30). The molecule has 31 heavy (non-hydrogen) atoms. The molecule has 0 atom stereocenters. The largest absolute Gasteiger partial charge is 0.481 e. The molecule has 0 spiro atoms. The molecular formula is C23H22ClFN2O4. The molecule has 1 aliphatic rings. The van der Waals surface area contributed by atoms with Gasteiger partial charge in [-0.2, -0.15) is 0 Å². The van der Waals surface area contributed by atoms with Crippen LogP contribution < -0.4 is 5.32 Å². The van der Waals surface area contributed by atoms with Gasteiger partial charge < -0.3 is 14.4 Å². The van der Waals surface area contributed by atoms with Gasteiger partial charge in [-0.3, -0.25) is 14.9 Å². The quantitative estimate of drug-likeness (QED) is 0.544. The third-order valence-corrected chi connectivity index (χ3v) is 6.33. The van der Waals surface area contributed by atoms with Gasteiger partial charge in [-0.15, -0.1) is 0 Å². The lowest BCUT2D eigenvalue weighted by Crippen LogP contribution is -2.59. The van der Waals surface area contributed by atoms with Crippen molar-refractivity contribution in [3.05, 3.63) is 69.6 Å². The second-order valence-corrected chi connectivity index (χ2v) is 8.33. The van der Waals surface area contributed by atoms with E-state index in [1.807, 2.05) is 26.1 Å². The molecule has 0 saturated carbocycles. The molecule has 162 valence electrons. The molecular weight excluding hydrogens is 423 g/mol. The van der Waals surface area contributed by atoms with Crippen molar-refractivity contribution in [3.63, 3.8) is 0 Å². The number of ketones is 1. The van der Waals surface area contributed by atoms with Crippen molar-refractivity contribution in [2.45, 2.75) is 18.9 Å². The molecule has 6 nitrogen and oxygen atoms in total. The number of halogens is 2. The number of aryl methyl sites for hydroxylation is 2. The summed E-state index contributed by atoms with van der Waals surface area (Å²) in [6.45, 7) is 2.33. The number of ether oxygens (including phenoxy) is 1. The monoisotopic (exact) mass is 444 g/mol. The fraction of sp³-hybridized carbons (Fsp3) is 0.304. The predicted molar refractivity (Wildman–Crippen MR) is 115 cm³/mol. The van der Waals surface area contributed by atoms with E-state index in [0.717, 1.165) is 16.5 Å². The molecule has 1 saturated heterocycles. The number of nitrogens with one attached hydrogen (secondary N) is 1. The molecule has 0 radical (unpaired) electrons. The minimum Gasteiger partial charge on any atom is -0.481 e. The summed E-state index contributed by atoms with van der Waals surface area (Å²) < 4.78 is 21.9. The first kappa shape index (κ1) is 21.5. The van der Waals surface area contributed by atoms with E-state index in [2.05, 4.69) is 5.32 Å². The Balaban J connectivity index is 1.56. The third kappa shape index (κ3) is 3.84. The van der Waals surface area contributed by atoms with E-state index in [1.54, 1.807) is 22.8 Å². The highest BCUT2D eigenvalue weighted by Crippen LogP contribution is 2.33. The summed E-state index contributed by atoms with van der Waals surface area (Å²) in [7, 11) is 1.81. The Morgan fingerprint density at radius 1 is 1.26 bits per heavy atom. The van der Waals surface area contributed by atoms with Crippen LogP contribution in [0, 0.1) is 12.7 Å². The molecule has 1 aromatic heterocycles. The van der Waals surface area contributed by atoms with Crippen LogP contribution in [0.5, 0.6) is 0 Å². The van der Waals surface area contributed by atoms with Crippen molar-refractivity contribution in [2.75, 3.05) is 19.8 Å². The highest BCUT2D eigenvalue weighted by molar-refractivity contribution is 6.36. The van der Waals surface area contributed by atoms with Gasteiger partial charge in [0.15, 0.2) is 5.78 Å². The maximum atomic E-state index is 14.8. The molecule has 8 heteroatoms. The molecule has 3 aromatic rings. The van der Waals surface area contributed by atoms with E-state index in [0.29, 0.717) is 21.8 Å². The van der Waals surface area contributed by atoms with Crippen LogP contribution in [0.25, 0.3) is 10.9 Å². The van der Waals surface area contributed by atoms with E-state index in [1.165, 1.54) is 6.07 Å². The number of aliphatic carboxylic acids is 1. The fourth-order valence-electron chi connectivity index (χ4n) is 3.98. The molecule has 1 fully saturated rings. The number of hydrogen-bond acceptors (Lipinski definition) is 4. The van der Waals surface area contributed by atoms with Crippen LogP contribution in [0.2, 0.25) is 5.02 Å². The van der Waals surface area contributed by atoms with E-state index in [9.17, 15) is 14.0 Å². The molecule has 2 heterocycles. The van der Waals surface area contributed by atoms with Crippen molar-refractivity contribution >= 4 is 34.3 Å². The number of carboxylic acid groups (broad SMARTS) is 1. The minimum absolute atomic E-state index is 0.0135. The number of nitrogens with zero attached hydrogens (tertiary/aromatic N) is 1. The first-order valence-electron chi connectivity index (χ1n) is 9.83. The maximum Gasteiger partial charge on any atom is 0.307 e. The molecule has 4 rings (SSSR count). The number of Topliss-reactive ketones (excluding diaryl/α,β-unsaturated/α-hetero) is 1. The summed E-state index contributed by atoms with van der Waals surface area (Å²) in [6, 6.07) is 9.99. The molecule has 0 bridgehead atoms. The SMILES string of the molecule is Cc1ccc2c(cc(C(=O)CNC3(c4ccc(CC(=O)O)cc4F)COC3)n2C)c1Cl. The number of fused-ring (bicyclic) bond motifs is 1. The summed E-state index contributed by atoms with van der Waals surface area (Å²) >= 11 is 6.40. The zero-order valence-electron chi connectivity index (χ0n) is 17.2. The zero-order chi connectivity index (χ0) is 22.3. The Kier molecular flexibility index (Phi) is 5.60. The molecule has 1 aliphatic heterocycles. The van der Waals surface area contributed by atoms with Crippen LogP contribution in [-0.2, 0) is 28.5 Å². The number of rotatable bonds is 7. The Labute approximate surface area is 183 Å². The highest BCUT2D eigenvalue weighted by Gasteiger charge is 2.42. The van der Waals surface area contributed by atoms with Crippen molar-refractivity contribution < 1.29 is 23.8 Å². The van der Waals surface area contributed by atoms with E-state index in [-0.39, 0.29) is 32.0 Å². The average molecular weight is 445 g/mol. The van der Waals surface area contributed by atoms with E-state index < -0.39 is 17.3 Å². The maximum absolute atomic E-state index is 14.8. The molecule has 0 aliphatic carbocycles. The molecule has 0 unspecified atom stereocenters. The number of carbonyl (C=O) groups excluding carboxylic acids is 1. The van der Waals surface area contributed by atoms with Crippen molar-refractivity contribution in [3.8, 4) is 0 Å². The molecule has 2 aromatic carbocycles. The third-order valence-electron chi connectivity index (χ3n) is 5.83. The number of carboxylic acids is 1. The van der Waals surface area contributed by atoms with Gasteiger partial charge >= 0.3 is 5.97 Å². The summed E-state index contributed by atoms with van der Waals surface area (Å²) in [6.07, 6.45) is -0.254. The Morgan fingerprint density at radius 3 is 2.61 bits per heavy atom. The zero-order valence-corrected chi connectivity index (χ0v) is 17.9. The first-order valence-corrected chi connectivity index (χ1v) is 10.2. The lowest BCUT2D eigenvalue weighted by molar-refractivity contribution is -0.136. The Hall–Kier alpha value is -2.74. The second-order valence-electron chi connectivity index (χ2n) is 7.95. The van der Waals surface area contributed by atoms with Gasteiger partial charge in [0.2, 0.25) is 0 Å². The topological polar surface area (TPSA) is 80.6 Å². The number of hydrogen-bond donors (Lipinski definition) is 2. The predicted octanol–water partition coefficient (Wildman–Crippen LogP) is 3.60. The van der Waals surface area contributed by atoms with Gasteiger partial charge in [0.1, 0.15) is 5.82 Å². The van der Waals surface area contributed by atoms with Crippen molar-refractivity contribution in [2.24, 2.45) is 7.05 Å². The van der Waals surface area contributed by atoms with Gasteiger partial charge in [-0.05, 0) is 36.2 Å². The summed E-state index contributed by atoms with van der Waals surface area (Å²) in [4.78, 5) is 23.9. The number of carbonyl (C=O) groups is 2. The van der Waals surface area contributed by atoms with Crippen LogP contribution >= 0.6 is 11.6 Å². The molecule has 0 amide bonds. The van der Waals surface area contributed by atoms with Gasteiger partial charge in [0, 0.05) is 23.5 Å². The van der Waals surface area contributed by atoms with Crippen molar-refractivity contribution in [1.29, 1.82) is 0 Å². The van der Waals surface area contributed by atoms with Crippen LogP contribution in [0.4, 0.5) is 4.39 Å². The second kappa shape index (κ2) is 8.07. The van der Waals surface area contributed by atoms with Gasteiger partial charge in [-0.25, -0.2) is 4.39 Å². The summed E-state index contributed by atoms with van der Waals surface area (Å²) in [5.74, 6) is -1.70. The van der Waals surface area contributed by atoms with Crippen LogP contribution in [0.1, 0.15) is 27.2 Å². The van der Waals surface area contributed by atoms with E-state index >= 15 is 0 Å². The molecule has 2 N–H and O–H groups in total. The van der Waals surface area contributed by atoms with Crippen LogP contribution in [0.15, 0.2) is 36.4 Å². The Morgan fingerprint density at radius 2 is 2.00 bits per heavy atom. The Bertz CT molecular complexity index is 1200. The van der Waals surface area contributed by atoms with Crippen LogP contribution in [-0.4, -0.2) is 41.2 Å². The van der Waals surface area contributed by atoms with Crippen molar-refractivity contribution in [1.82, 2.24) is 9.88 Å². The lowest BCUT2D eigenvalue weighted by atomic mass is 9.86. The lowest BCUT2D eigenvalue weighted by Gasteiger charge is -2.42. The number of benzene rings is 2. The number of aromatic nitrogens is 1. The first-order chi connectivity index (χ1) is 14.7. The normalized spacial score (nSPS) is 15.1. The summed E-state index contributed by atoms with van der Waals surface area (Å²) in [5.41, 5.74) is 2.20. The van der Waals surface area contributed by atoms with E-state index in [4.69, 9.17) is 21.4 Å². The van der Waals surface area contributed by atoms with Gasteiger partial charge in [0.05, 0.1) is 42.4 Å².